The van der Waals surface area contributed by atoms with Gasteiger partial charge in [-0.25, -0.2) is 13.2 Å². The number of ether oxygens (including phenoxy) is 1. The van der Waals surface area contributed by atoms with Gasteiger partial charge in [0.1, 0.15) is 0 Å². The van der Waals surface area contributed by atoms with Gasteiger partial charge in [0.15, 0.2) is 0 Å². The molecule has 2 bridgehead atoms. The fourth-order valence-corrected chi connectivity index (χ4v) is 4.07. The zero-order chi connectivity index (χ0) is 20.3. The molecule has 0 amide bonds. The van der Waals surface area contributed by atoms with Crippen molar-refractivity contribution >= 4 is 0 Å². The Balaban J connectivity index is 2.82. The van der Waals surface area contributed by atoms with Gasteiger partial charge in [0.25, 0.3) is 5.92 Å². The quantitative estimate of drug-likeness (QED) is 0.714. The van der Waals surface area contributed by atoms with Crippen LogP contribution in [0.5, 0.6) is 0 Å². The number of aliphatic hydroxyl groups excluding tert-OH is 1. The summed E-state index contributed by atoms with van der Waals surface area (Å²) in [5, 5.41) is 8.59. The zero-order valence-electron chi connectivity index (χ0n) is 13.3. The molecule has 0 radical (unpaired) electrons. The molecule has 0 aromatic carbocycles. The second-order valence-corrected chi connectivity index (χ2v) is 6.19. The molecule has 3 atom stereocenters. The van der Waals surface area contributed by atoms with E-state index in [-0.39, 0.29) is 5.57 Å². The number of fused-ring (bicyclic) bond motifs is 2. The van der Waals surface area contributed by atoms with E-state index in [2.05, 4.69) is 11.3 Å². The maximum absolute atomic E-state index is 15.5. The molecule has 26 heavy (non-hydrogen) atoms. The summed E-state index contributed by atoms with van der Waals surface area (Å²) in [6.07, 6.45) is -13.0. The van der Waals surface area contributed by atoms with Crippen molar-refractivity contribution in [3.8, 4) is 0 Å². The molecule has 11 heteroatoms. The second kappa shape index (κ2) is 5.88. The van der Waals surface area contributed by atoms with Gasteiger partial charge < -0.3 is 9.84 Å². The van der Waals surface area contributed by atoms with Gasteiger partial charge in [0, 0.05) is 5.92 Å². The van der Waals surface area contributed by atoms with Gasteiger partial charge in [-0.1, -0.05) is 12.7 Å². The summed E-state index contributed by atoms with van der Waals surface area (Å²) in [6, 6.07) is 0. The van der Waals surface area contributed by atoms with Crippen LogP contribution in [0.3, 0.4) is 0 Å². The van der Waals surface area contributed by atoms with Crippen molar-refractivity contribution in [2.75, 3.05) is 13.2 Å². The van der Waals surface area contributed by atoms with Crippen molar-refractivity contribution in [3.05, 3.63) is 23.8 Å². The lowest BCUT2D eigenvalue weighted by Crippen LogP contribution is -2.77. The predicted octanol–water partition coefficient (Wildman–Crippen LogP) is 4.35. The molecule has 0 spiro atoms. The number of alkyl halides is 9. The van der Waals surface area contributed by atoms with Crippen molar-refractivity contribution in [3.63, 3.8) is 0 Å². The van der Waals surface area contributed by atoms with E-state index in [1.165, 1.54) is 6.92 Å². The molecule has 3 unspecified atom stereocenters. The fourth-order valence-electron chi connectivity index (χ4n) is 4.07. The van der Waals surface area contributed by atoms with Crippen LogP contribution < -0.4 is 0 Å². The SMILES string of the molecule is C=C1C(=CC)C2CC1C(F)(C(OCCO)(C(F)(F)F)C(F)(F)F)C2(F)F. The van der Waals surface area contributed by atoms with Crippen LogP contribution in [0.15, 0.2) is 23.8 Å². The minimum atomic E-state index is -6.57. The first-order valence-corrected chi connectivity index (χ1v) is 7.45. The molecule has 0 heterocycles. The Morgan fingerprint density at radius 3 is 2.00 bits per heavy atom. The minimum Gasteiger partial charge on any atom is -0.394 e. The summed E-state index contributed by atoms with van der Waals surface area (Å²) in [5.41, 5.74) is -11.8. The lowest BCUT2D eigenvalue weighted by atomic mass is 9.67. The van der Waals surface area contributed by atoms with Crippen LogP contribution in [0.1, 0.15) is 13.3 Å². The van der Waals surface area contributed by atoms with Crippen molar-refractivity contribution in [2.45, 2.75) is 42.9 Å². The van der Waals surface area contributed by atoms with Crippen molar-refractivity contribution in [1.29, 1.82) is 0 Å². The van der Waals surface area contributed by atoms with Gasteiger partial charge in [-0.2, -0.15) is 26.3 Å². The van der Waals surface area contributed by atoms with E-state index in [0.29, 0.717) is 0 Å². The number of halogens is 9. The number of aliphatic hydroxyl groups is 1. The molecule has 150 valence electrons. The molecule has 0 saturated heterocycles. The Morgan fingerprint density at radius 1 is 1.12 bits per heavy atom. The Morgan fingerprint density at radius 2 is 1.62 bits per heavy atom. The summed E-state index contributed by atoms with van der Waals surface area (Å²) in [7, 11) is 0. The smallest absolute Gasteiger partial charge is 0.394 e. The largest absolute Gasteiger partial charge is 0.430 e. The fraction of sp³-hybridized carbons (Fsp3) is 0.733. The molecule has 2 saturated carbocycles. The van der Waals surface area contributed by atoms with E-state index in [1.54, 1.807) is 0 Å². The Kier molecular flexibility index (Phi) is 4.77. The summed E-state index contributed by atoms with van der Waals surface area (Å²) in [5.74, 6) is -9.66. The second-order valence-electron chi connectivity index (χ2n) is 6.19. The molecule has 0 aliphatic heterocycles. The minimum absolute atomic E-state index is 0.270. The molecule has 1 N–H and O–H groups in total. The molecule has 2 aliphatic rings. The number of rotatable bonds is 4. The van der Waals surface area contributed by atoms with Crippen LogP contribution in [0.2, 0.25) is 0 Å². The summed E-state index contributed by atoms with van der Waals surface area (Å²) in [4.78, 5) is 0. The summed E-state index contributed by atoms with van der Waals surface area (Å²) < 4.78 is 130. The zero-order valence-corrected chi connectivity index (χ0v) is 13.3. The van der Waals surface area contributed by atoms with E-state index >= 15 is 4.39 Å². The van der Waals surface area contributed by atoms with E-state index in [9.17, 15) is 35.1 Å². The number of allylic oxidation sites excluding steroid dienone is 3. The van der Waals surface area contributed by atoms with Crippen LogP contribution in [0, 0.1) is 11.8 Å². The van der Waals surface area contributed by atoms with Crippen LogP contribution in [-0.4, -0.2) is 47.9 Å². The molecule has 2 rings (SSSR count). The highest BCUT2D eigenvalue weighted by Gasteiger charge is 2.93. The van der Waals surface area contributed by atoms with Crippen LogP contribution in [0.4, 0.5) is 39.5 Å². The van der Waals surface area contributed by atoms with E-state index < -0.39 is 66.6 Å². The standard InChI is InChI=1S/C15H15F9O2/c1-3-8-7(2)9-6-10(8)12(17,18)11(9,16)13(14(19,20)21,15(22,23)24)26-5-4-25/h3,9-10,25H,2,4-6H2,1H3. The van der Waals surface area contributed by atoms with Gasteiger partial charge in [0.2, 0.25) is 5.67 Å². The van der Waals surface area contributed by atoms with Crippen molar-refractivity contribution in [1.82, 2.24) is 0 Å². The molecule has 2 aliphatic carbocycles. The molecular weight excluding hydrogens is 383 g/mol. The molecular formula is C15H15F9O2. The first-order valence-electron chi connectivity index (χ1n) is 7.45. The van der Waals surface area contributed by atoms with Gasteiger partial charge in [-0.15, -0.1) is 0 Å². The maximum atomic E-state index is 15.5. The van der Waals surface area contributed by atoms with Crippen LogP contribution in [-0.2, 0) is 4.74 Å². The summed E-state index contributed by atoms with van der Waals surface area (Å²) in [6.45, 7) is 1.48. The Hall–Kier alpha value is -1.23. The first kappa shape index (κ1) is 21.1. The van der Waals surface area contributed by atoms with E-state index in [0.717, 1.165) is 6.08 Å². The van der Waals surface area contributed by atoms with Crippen molar-refractivity contribution in [2.24, 2.45) is 11.8 Å². The number of hydrogen-bond donors (Lipinski definition) is 1. The first-order chi connectivity index (χ1) is 11.6. The topological polar surface area (TPSA) is 29.5 Å². The Bertz CT molecular complexity index is 606. The third kappa shape index (κ3) is 2.22. The van der Waals surface area contributed by atoms with Crippen LogP contribution >= 0.6 is 0 Å². The molecule has 2 fully saturated rings. The number of hydrogen-bond acceptors (Lipinski definition) is 2. The third-order valence-electron chi connectivity index (χ3n) is 5.07. The summed E-state index contributed by atoms with van der Waals surface area (Å²) >= 11 is 0. The predicted molar refractivity (Wildman–Crippen MR) is 71.2 cm³/mol. The highest BCUT2D eigenvalue weighted by Crippen LogP contribution is 2.72. The third-order valence-corrected chi connectivity index (χ3v) is 5.07. The van der Waals surface area contributed by atoms with Gasteiger partial charge in [-0.3, -0.25) is 0 Å². The molecule has 0 aromatic rings. The lowest BCUT2D eigenvalue weighted by molar-refractivity contribution is -0.438. The van der Waals surface area contributed by atoms with Gasteiger partial charge >= 0.3 is 18.0 Å². The highest BCUT2D eigenvalue weighted by atomic mass is 19.4. The molecule has 0 aromatic heterocycles. The van der Waals surface area contributed by atoms with Gasteiger partial charge in [0.05, 0.1) is 19.1 Å². The van der Waals surface area contributed by atoms with Crippen LogP contribution in [0.25, 0.3) is 0 Å². The normalized spacial score (nSPS) is 33.3. The van der Waals surface area contributed by atoms with Gasteiger partial charge in [-0.05, 0) is 24.5 Å². The average Bonchev–Trinajstić information content (AvgIpc) is 2.90. The Labute approximate surface area is 142 Å². The van der Waals surface area contributed by atoms with Crippen molar-refractivity contribution < 1.29 is 49.4 Å². The van der Waals surface area contributed by atoms with E-state index in [1.807, 2.05) is 0 Å². The molecule has 2 nitrogen and oxygen atoms in total. The lowest BCUT2D eigenvalue weighted by Gasteiger charge is -2.51. The van der Waals surface area contributed by atoms with E-state index in [4.69, 9.17) is 5.11 Å². The highest BCUT2D eigenvalue weighted by molar-refractivity contribution is 5.49. The monoisotopic (exact) mass is 398 g/mol. The maximum Gasteiger partial charge on any atom is 0.430 e. The average molecular weight is 398 g/mol.